The van der Waals surface area contributed by atoms with E-state index in [0.29, 0.717) is 17.7 Å². The first-order chi connectivity index (χ1) is 13.1. The van der Waals surface area contributed by atoms with Gasteiger partial charge >= 0.3 is 0 Å². The summed E-state index contributed by atoms with van der Waals surface area (Å²) in [5.41, 5.74) is 2.68. The third kappa shape index (κ3) is 3.14. The van der Waals surface area contributed by atoms with E-state index in [-0.39, 0.29) is 5.41 Å². The zero-order chi connectivity index (χ0) is 18.4. The molecule has 3 heterocycles. The topological polar surface area (TPSA) is 36.4 Å². The van der Waals surface area contributed by atoms with E-state index in [4.69, 9.17) is 0 Å². The van der Waals surface area contributed by atoms with E-state index in [1.54, 1.807) is 0 Å². The van der Waals surface area contributed by atoms with Crippen molar-refractivity contribution >= 4 is 16.8 Å². The quantitative estimate of drug-likeness (QED) is 0.834. The molecule has 4 nitrogen and oxygen atoms in total. The smallest absolute Gasteiger partial charge is 0.225 e. The van der Waals surface area contributed by atoms with Gasteiger partial charge in [0.1, 0.15) is 0 Å². The highest BCUT2D eigenvalue weighted by atomic mass is 16.2. The van der Waals surface area contributed by atoms with Crippen LogP contribution >= 0.6 is 0 Å². The van der Waals surface area contributed by atoms with Crippen molar-refractivity contribution in [1.82, 2.24) is 14.8 Å². The lowest BCUT2D eigenvalue weighted by atomic mass is 9.83. The Morgan fingerprint density at radius 3 is 2.85 bits per heavy atom. The Kier molecular flexibility index (Phi) is 4.19. The standard InChI is InChI=1S/C23H29N3O/c1-23-15-25(12-17-8-9-21-19(11-17)7-4-10-24-21)13-20(23)14-26(16-23)22(27)18-5-2-3-6-18/h4,7-11,18,20H,2-3,5-6,12-16H2,1H3/t20-,23+/m0/s1. The van der Waals surface area contributed by atoms with Crippen LogP contribution < -0.4 is 0 Å². The third-order valence-electron chi connectivity index (χ3n) is 7.13. The maximum atomic E-state index is 12.8. The van der Waals surface area contributed by atoms with Crippen molar-refractivity contribution in [3.05, 3.63) is 42.1 Å². The molecule has 3 aliphatic rings. The second-order valence-electron chi connectivity index (χ2n) is 9.25. The first-order valence-corrected chi connectivity index (χ1v) is 10.5. The van der Waals surface area contributed by atoms with E-state index in [1.165, 1.54) is 23.8 Å². The van der Waals surface area contributed by atoms with Gasteiger partial charge in [0.2, 0.25) is 5.91 Å². The van der Waals surface area contributed by atoms with Crippen LogP contribution in [-0.2, 0) is 11.3 Å². The Bertz CT molecular complexity index is 860. The summed E-state index contributed by atoms with van der Waals surface area (Å²) in [5.74, 6) is 1.37. The molecular weight excluding hydrogens is 334 g/mol. The summed E-state index contributed by atoms with van der Waals surface area (Å²) in [6.07, 6.45) is 6.54. The monoisotopic (exact) mass is 363 g/mol. The molecule has 0 N–H and O–H groups in total. The minimum Gasteiger partial charge on any atom is -0.342 e. The number of hydrogen-bond donors (Lipinski definition) is 0. The Morgan fingerprint density at radius 1 is 1.19 bits per heavy atom. The number of likely N-dealkylation sites (tertiary alicyclic amines) is 2. The molecule has 1 saturated carbocycles. The van der Waals surface area contributed by atoms with Crippen LogP contribution in [0.5, 0.6) is 0 Å². The average Bonchev–Trinajstić information content (AvgIpc) is 3.35. The first-order valence-electron chi connectivity index (χ1n) is 10.5. The highest BCUT2D eigenvalue weighted by molar-refractivity contribution is 5.80. The Balaban J connectivity index is 1.24. The highest BCUT2D eigenvalue weighted by Crippen LogP contribution is 2.43. The number of pyridine rings is 1. The van der Waals surface area contributed by atoms with Gasteiger partial charge < -0.3 is 4.90 Å². The summed E-state index contributed by atoms with van der Waals surface area (Å²) in [6.45, 7) is 7.50. The fraction of sp³-hybridized carbons (Fsp3) is 0.565. The minimum atomic E-state index is 0.257. The summed E-state index contributed by atoms with van der Waals surface area (Å²) in [5, 5.41) is 1.22. The highest BCUT2D eigenvalue weighted by Gasteiger charge is 2.50. The summed E-state index contributed by atoms with van der Waals surface area (Å²) in [7, 11) is 0. The van der Waals surface area contributed by atoms with Crippen LogP contribution in [0.15, 0.2) is 36.5 Å². The van der Waals surface area contributed by atoms with Crippen LogP contribution in [0.3, 0.4) is 0 Å². The molecule has 1 aliphatic carbocycles. The van der Waals surface area contributed by atoms with Crippen LogP contribution in [0.2, 0.25) is 0 Å². The number of carbonyl (C=O) groups excluding carboxylic acids is 1. The van der Waals surface area contributed by atoms with E-state index >= 15 is 0 Å². The Morgan fingerprint density at radius 2 is 2.04 bits per heavy atom. The Labute approximate surface area is 161 Å². The fourth-order valence-electron chi connectivity index (χ4n) is 5.66. The maximum absolute atomic E-state index is 12.8. The van der Waals surface area contributed by atoms with E-state index in [2.05, 4.69) is 46.0 Å². The molecule has 2 atom stereocenters. The summed E-state index contributed by atoms with van der Waals surface area (Å²) < 4.78 is 0. The number of carbonyl (C=O) groups is 1. The zero-order valence-electron chi connectivity index (χ0n) is 16.2. The SMILES string of the molecule is C[C@]12CN(Cc3ccc4ncccc4c3)C[C@H]1CN(C(=O)C1CCCC1)C2. The van der Waals surface area contributed by atoms with Crippen LogP contribution in [0, 0.1) is 17.3 Å². The predicted octanol–water partition coefficient (Wildman–Crippen LogP) is 3.71. The number of amides is 1. The van der Waals surface area contributed by atoms with Gasteiger partial charge in [0.15, 0.2) is 0 Å². The molecule has 0 radical (unpaired) electrons. The van der Waals surface area contributed by atoms with Gasteiger partial charge in [-0.1, -0.05) is 31.9 Å². The normalized spacial score (nSPS) is 28.9. The lowest BCUT2D eigenvalue weighted by molar-refractivity contribution is -0.134. The number of hydrogen-bond acceptors (Lipinski definition) is 3. The summed E-state index contributed by atoms with van der Waals surface area (Å²) >= 11 is 0. The van der Waals surface area contributed by atoms with Gasteiger partial charge in [-0.2, -0.15) is 0 Å². The van der Waals surface area contributed by atoms with Crippen molar-refractivity contribution in [3.63, 3.8) is 0 Å². The van der Waals surface area contributed by atoms with Gasteiger partial charge in [-0.15, -0.1) is 0 Å². The number of aromatic nitrogens is 1. The molecule has 142 valence electrons. The molecule has 1 amide bonds. The van der Waals surface area contributed by atoms with Gasteiger partial charge in [-0.05, 0) is 42.5 Å². The van der Waals surface area contributed by atoms with E-state index < -0.39 is 0 Å². The van der Waals surface area contributed by atoms with E-state index in [9.17, 15) is 4.79 Å². The molecule has 0 bridgehead atoms. The number of nitrogens with zero attached hydrogens (tertiary/aromatic N) is 3. The summed E-state index contributed by atoms with van der Waals surface area (Å²) in [4.78, 5) is 22.0. The molecule has 2 aromatic rings. The Hall–Kier alpha value is -1.94. The zero-order valence-corrected chi connectivity index (χ0v) is 16.2. The molecular formula is C23H29N3O. The molecule has 2 saturated heterocycles. The molecule has 2 aliphatic heterocycles. The predicted molar refractivity (Wildman–Crippen MR) is 107 cm³/mol. The molecule has 0 spiro atoms. The number of fused-ring (bicyclic) bond motifs is 2. The second kappa shape index (κ2) is 6.59. The van der Waals surface area contributed by atoms with Gasteiger partial charge in [0.05, 0.1) is 5.52 Å². The average molecular weight is 364 g/mol. The number of rotatable bonds is 3. The van der Waals surface area contributed by atoms with Gasteiger partial charge in [0, 0.05) is 55.6 Å². The van der Waals surface area contributed by atoms with E-state index in [1.807, 2.05) is 12.3 Å². The van der Waals surface area contributed by atoms with E-state index in [0.717, 1.165) is 51.1 Å². The molecule has 27 heavy (non-hydrogen) atoms. The van der Waals surface area contributed by atoms with Crippen molar-refractivity contribution in [2.24, 2.45) is 17.3 Å². The van der Waals surface area contributed by atoms with Gasteiger partial charge in [-0.25, -0.2) is 0 Å². The molecule has 1 aromatic carbocycles. The summed E-state index contributed by atoms with van der Waals surface area (Å²) in [6, 6.07) is 10.8. The van der Waals surface area contributed by atoms with Crippen LogP contribution in [0.1, 0.15) is 38.2 Å². The molecule has 1 aromatic heterocycles. The van der Waals surface area contributed by atoms with Crippen molar-refractivity contribution in [2.75, 3.05) is 26.2 Å². The van der Waals surface area contributed by atoms with Crippen molar-refractivity contribution in [2.45, 2.75) is 39.2 Å². The lowest BCUT2D eigenvalue weighted by Gasteiger charge is -2.27. The largest absolute Gasteiger partial charge is 0.342 e. The van der Waals surface area contributed by atoms with Crippen molar-refractivity contribution < 1.29 is 4.79 Å². The first kappa shape index (κ1) is 17.2. The number of benzene rings is 1. The van der Waals surface area contributed by atoms with Crippen LogP contribution in [0.4, 0.5) is 0 Å². The van der Waals surface area contributed by atoms with Crippen LogP contribution in [0.25, 0.3) is 10.9 Å². The van der Waals surface area contributed by atoms with Crippen molar-refractivity contribution in [3.8, 4) is 0 Å². The molecule has 3 fully saturated rings. The third-order valence-corrected chi connectivity index (χ3v) is 7.13. The maximum Gasteiger partial charge on any atom is 0.225 e. The second-order valence-corrected chi connectivity index (χ2v) is 9.25. The lowest BCUT2D eigenvalue weighted by Crippen LogP contribution is -2.38. The van der Waals surface area contributed by atoms with Crippen LogP contribution in [-0.4, -0.2) is 46.9 Å². The van der Waals surface area contributed by atoms with Crippen molar-refractivity contribution in [1.29, 1.82) is 0 Å². The molecule has 4 heteroatoms. The minimum absolute atomic E-state index is 0.257. The van der Waals surface area contributed by atoms with Gasteiger partial charge in [-0.3, -0.25) is 14.7 Å². The fourth-order valence-corrected chi connectivity index (χ4v) is 5.66. The molecule has 5 rings (SSSR count). The molecule has 0 unspecified atom stereocenters. The van der Waals surface area contributed by atoms with Gasteiger partial charge in [0.25, 0.3) is 0 Å².